The maximum Gasteiger partial charge on any atom is 0.225 e. The SMILES string of the molecule is CSCC(C)N(C)C(=O)CC1CNCCO1. The molecule has 0 saturated carbocycles. The molecule has 0 bridgehead atoms. The van der Waals surface area contributed by atoms with Crippen LogP contribution in [-0.4, -0.2) is 61.7 Å². The van der Waals surface area contributed by atoms with Crippen LogP contribution < -0.4 is 5.32 Å². The Labute approximate surface area is 102 Å². The van der Waals surface area contributed by atoms with Crippen molar-refractivity contribution in [3.05, 3.63) is 0 Å². The van der Waals surface area contributed by atoms with Gasteiger partial charge in [-0.1, -0.05) is 0 Å². The van der Waals surface area contributed by atoms with Gasteiger partial charge in [-0.15, -0.1) is 0 Å². The molecule has 16 heavy (non-hydrogen) atoms. The molecule has 0 radical (unpaired) electrons. The topological polar surface area (TPSA) is 41.6 Å². The van der Waals surface area contributed by atoms with Crippen LogP contribution >= 0.6 is 11.8 Å². The Morgan fingerprint density at radius 2 is 2.44 bits per heavy atom. The Kier molecular flexibility index (Phi) is 6.16. The number of amides is 1. The first-order valence-electron chi connectivity index (χ1n) is 5.72. The number of hydrogen-bond donors (Lipinski definition) is 1. The molecule has 0 aromatic carbocycles. The molecule has 1 aliphatic rings. The molecule has 94 valence electrons. The summed E-state index contributed by atoms with van der Waals surface area (Å²) in [6.07, 6.45) is 2.59. The van der Waals surface area contributed by atoms with Gasteiger partial charge in [0, 0.05) is 31.9 Å². The van der Waals surface area contributed by atoms with Gasteiger partial charge in [-0.2, -0.15) is 11.8 Å². The fourth-order valence-electron chi connectivity index (χ4n) is 1.69. The second-order valence-corrected chi connectivity index (χ2v) is 5.12. The van der Waals surface area contributed by atoms with Crippen LogP contribution in [0.5, 0.6) is 0 Å². The molecule has 5 heteroatoms. The average molecular weight is 246 g/mol. The first-order valence-corrected chi connectivity index (χ1v) is 7.11. The van der Waals surface area contributed by atoms with E-state index in [9.17, 15) is 4.79 Å². The number of carbonyl (C=O) groups is 1. The summed E-state index contributed by atoms with van der Waals surface area (Å²) in [4.78, 5) is 13.8. The molecular weight excluding hydrogens is 224 g/mol. The van der Waals surface area contributed by atoms with Crippen LogP contribution in [0.25, 0.3) is 0 Å². The Morgan fingerprint density at radius 3 is 3.00 bits per heavy atom. The molecule has 1 heterocycles. The van der Waals surface area contributed by atoms with E-state index in [0.29, 0.717) is 19.1 Å². The summed E-state index contributed by atoms with van der Waals surface area (Å²) in [7, 11) is 1.87. The van der Waals surface area contributed by atoms with Crippen LogP contribution in [0.1, 0.15) is 13.3 Å². The van der Waals surface area contributed by atoms with Crippen molar-refractivity contribution < 1.29 is 9.53 Å². The number of thioether (sulfide) groups is 1. The minimum atomic E-state index is 0.0465. The van der Waals surface area contributed by atoms with E-state index < -0.39 is 0 Å². The molecule has 0 spiro atoms. The van der Waals surface area contributed by atoms with Crippen LogP contribution in [0.4, 0.5) is 0 Å². The van der Waals surface area contributed by atoms with Gasteiger partial charge in [0.2, 0.25) is 5.91 Å². The maximum atomic E-state index is 11.9. The third kappa shape index (κ3) is 4.31. The summed E-state index contributed by atoms with van der Waals surface area (Å²) in [5, 5.41) is 3.23. The third-order valence-electron chi connectivity index (χ3n) is 2.87. The maximum absolute atomic E-state index is 11.9. The zero-order chi connectivity index (χ0) is 12.0. The number of nitrogens with one attached hydrogen (secondary N) is 1. The number of nitrogens with zero attached hydrogens (tertiary/aromatic N) is 1. The lowest BCUT2D eigenvalue weighted by molar-refractivity contribution is -0.134. The first kappa shape index (κ1) is 13.8. The fourth-order valence-corrected chi connectivity index (χ4v) is 2.39. The molecule has 1 saturated heterocycles. The Hall–Kier alpha value is -0.260. The van der Waals surface area contributed by atoms with Crippen LogP contribution in [0.15, 0.2) is 0 Å². The van der Waals surface area contributed by atoms with Crippen LogP contribution in [0.3, 0.4) is 0 Å². The van der Waals surface area contributed by atoms with Crippen LogP contribution in [-0.2, 0) is 9.53 Å². The molecule has 0 aromatic rings. The lowest BCUT2D eigenvalue weighted by Gasteiger charge is -2.28. The van der Waals surface area contributed by atoms with Gasteiger partial charge in [-0.05, 0) is 13.2 Å². The highest BCUT2D eigenvalue weighted by Gasteiger charge is 2.21. The van der Waals surface area contributed by atoms with Gasteiger partial charge < -0.3 is 15.0 Å². The van der Waals surface area contributed by atoms with Gasteiger partial charge >= 0.3 is 0 Å². The molecule has 1 amide bonds. The van der Waals surface area contributed by atoms with Gasteiger partial charge in [0.1, 0.15) is 0 Å². The van der Waals surface area contributed by atoms with Crippen molar-refractivity contribution in [1.29, 1.82) is 0 Å². The van der Waals surface area contributed by atoms with Gasteiger partial charge in [0.25, 0.3) is 0 Å². The summed E-state index contributed by atoms with van der Waals surface area (Å²) < 4.78 is 5.52. The zero-order valence-corrected chi connectivity index (χ0v) is 11.2. The van der Waals surface area contributed by atoms with Crippen molar-refractivity contribution in [3.63, 3.8) is 0 Å². The van der Waals surface area contributed by atoms with E-state index >= 15 is 0 Å². The second kappa shape index (κ2) is 7.14. The number of morpholine rings is 1. The highest BCUT2D eigenvalue weighted by Crippen LogP contribution is 2.09. The van der Waals surface area contributed by atoms with Crippen molar-refractivity contribution in [2.45, 2.75) is 25.5 Å². The van der Waals surface area contributed by atoms with E-state index in [1.54, 1.807) is 11.8 Å². The number of hydrogen-bond acceptors (Lipinski definition) is 4. The molecule has 1 N–H and O–H groups in total. The largest absolute Gasteiger partial charge is 0.375 e. The standard InChI is InChI=1S/C11H22N2O2S/c1-9(8-16-3)13(2)11(14)6-10-7-12-4-5-15-10/h9-10,12H,4-8H2,1-3H3. The lowest BCUT2D eigenvalue weighted by atomic mass is 10.2. The molecule has 0 aliphatic carbocycles. The predicted molar refractivity (Wildman–Crippen MR) is 67.8 cm³/mol. The van der Waals surface area contributed by atoms with E-state index in [4.69, 9.17) is 4.74 Å². The highest BCUT2D eigenvalue weighted by molar-refractivity contribution is 7.98. The predicted octanol–water partition coefficient (Wildman–Crippen LogP) is 0.575. The van der Waals surface area contributed by atoms with Crippen molar-refractivity contribution in [2.24, 2.45) is 0 Å². The van der Waals surface area contributed by atoms with E-state index in [1.807, 2.05) is 11.9 Å². The number of carbonyl (C=O) groups excluding carboxylic acids is 1. The number of ether oxygens (including phenoxy) is 1. The fraction of sp³-hybridized carbons (Fsp3) is 0.909. The summed E-state index contributed by atoms with van der Waals surface area (Å²) in [6.45, 7) is 4.47. The van der Waals surface area contributed by atoms with Crippen LogP contribution in [0, 0.1) is 0 Å². The summed E-state index contributed by atoms with van der Waals surface area (Å²) in [5.41, 5.74) is 0. The molecule has 4 nitrogen and oxygen atoms in total. The van der Waals surface area contributed by atoms with E-state index in [2.05, 4.69) is 18.5 Å². The summed E-state index contributed by atoms with van der Waals surface area (Å²) >= 11 is 1.76. The molecule has 2 unspecified atom stereocenters. The number of rotatable bonds is 5. The van der Waals surface area contributed by atoms with E-state index in [-0.39, 0.29) is 12.0 Å². The van der Waals surface area contributed by atoms with Crippen molar-refractivity contribution >= 4 is 17.7 Å². The van der Waals surface area contributed by atoms with Crippen molar-refractivity contribution in [3.8, 4) is 0 Å². The molecule has 2 atom stereocenters. The Morgan fingerprint density at radius 1 is 1.69 bits per heavy atom. The first-order chi connectivity index (χ1) is 7.65. The highest BCUT2D eigenvalue weighted by atomic mass is 32.2. The Balaban J connectivity index is 2.32. The van der Waals surface area contributed by atoms with Crippen LogP contribution in [0.2, 0.25) is 0 Å². The molecule has 1 fully saturated rings. The minimum absolute atomic E-state index is 0.0465. The van der Waals surface area contributed by atoms with Crippen molar-refractivity contribution in [1.82, 2.24) is 10.2 Å². The zero-order valence-electron chi connectivity index (χ0n) is 10.4. The minimum Gasteiger partial charge on any atom is -0.375 e. The third-order valence-corrected chi connectivity index (χ3v) is 3.68. The average Bonchev–Trinajstić information content (AvgIpc) is 2.29. The molecule has 1 rings (SSSR count). The van der Waals surface area contributed by atoms with Gasteiger partial charge in [-0.3, -0.25) is 4.79 Å². The lowest BCUT2D eigenvalue weighted by Crippen LogP contribution is -2.43. The van der Waals surface area contributed by atoms with Crippen molar-refractivity contribution in [2.75, 3.05) is 38.8 Å². The van der Waals surface area contributed by atoms with Gasteiger partial charge in [0.15, 0.2) is 0 Å². The smallest absolute Gasteiger partial charge is 0.225 e. The Bertz CT molecular complexity index is 220. The molecule has 0 aromatic heterocycles. The van der Waals surface area contributed by atoms with Gasteiger partial charge in [0.05, 0.1) is 19.1 Å². The summed E-state index contributed by atoms with van der Waals surface area (Å²) in [6, 6.07) is 0.291. The second-order valence-electron chi connectivity index (χ2n) is 4.21. The van der Waals surface area contributed by atoms with E-state index in [0.717, 1.165) is 18.8 Å². The normalized spacial score (nSPS) is 22.8. The monoisotopic (exact) mass is 246 g/mol. The molecule has 1 aliphatic heterocycles. The van der Waals surface area contributed by atoms with Gasteiger partial charge in [-0.25, -0.2) is 0 Å². The van der Waals surface area contributed by atoms with E-state index in [1.165, 1.54) is 0 Å². The summed E-state index contributed by atoms with van der Waals surface area (Å²) in [5.74, 6) is 1.15. The quantitative estimate of drug-likeness (QED) is 0.770. The molecular formula is C11H22N2O2S.